The van der Waals surface area contributed by atoms with Crippen LogP contribution in [-0.2, 0) is 11.0 Å². The molecule has 2 aromatic rings. The number of alkyl halides is 3. The van der Waals surface area contributed by atoms with E-state index in [1.807, 2.05) is 0 Å². The molecule has 9 heteroatoms. The standard InChI is InChI=1S/C22H21Cl2F3N2O2/c23-13-7-9-16(18(24)11-13)19(21(31)29-14-4-2-1-3-5-14)15-8-6-12(20(28)30)10-17(15)22(25,26)27/h6-11,14,19H,1-5H2,(H2,28,30)(H,29,31). The first-order valence-corrected chi connectivity index (χ1v) is 10.6. The number of hydrogen-bond acceptors (Lipinski definition) is 2. The summed E-state index contributed by atoms with van der Waals surface area (Å²) in [7, 11) is 0. The normalized spacial score (nSPS) is 16.0. The minimum Gasteiger partial charge on any atom is -0.366 e. The molecule has 4 nitrogen and oxygen atoms in total. The van der Waals surface area contributed by atoms with Crippen molar-refractivity contribution in [2.24, 2.45) is 5.73 Å². The molecular weight excluding hydrogens is 452 g/mol. The van der Waals surface area contributed by atoms with Crippen molar-refractivity contribution in [3.8, 4) is 0 Å². The van der Waals surface area contributed by atoms with Crippen LogP contribution in [0.15, 0.2) is 36.4 Å². The molecule has 3 rings (SSSR count). The Balaban J connectivity index is 2.13. The van der Waals surface area contributed by atoms with Crippen LogP contribution in [0.4, 0.5) is 13.2 Å². The number of nitrogens with one attached hydrogen (secondary N) is 1. The minimum atomic E-state index is -4.82. The lowest BCUT2D eigenvalue weighted by atomic mass is 9.85. The van der Waals surface area contributed by atoms with Gasteiger partial charge in [0.2, 0.25) is 11.8 Å². The molecule has 1 unspecified atom stereocenters. The average Bonchev–Trinajstić information content (AvgIpc) is 2.70. The summed E-state index contributed by atoms with van der Waals surface area (Å²) < 4.78 is 41.7. The third-order valence-corrected chi connectivity index (χ3v) is 6.00. The fourth-order valence-electron chi connectivity index (χ4n) is 3.92. The molecule has 1 fully saturated rings. The highest BCUT2D eigenvalue weighted by molar-refractivity contribution is 6.35. The van der Waals surface area contributed by atoms with Gasteiger partial charge in [-0.05, 0) is 48.2 Å². The Bertz CT molecular complexity index is 989. The van der Waals surface area contributed by atoms with Crippen molar-refractivity contribution in [1.82, 2.24) is 5.32 Å². The maximum Gasteiger partial charge on any atom is 0.416 e. The van der Waals surface area contributed by atoms with Crippen LogP contribution in [0, 0.1) is 0 Å². The third kappa shape index (κ3) is 5.52. The molecular formula is C22H21Cl2F3N2O2. The Morgan fingerprint density at radius 2 is 1.65 bits per heavy atom. The van der Waals surface area contributed by atoms with Crippen LogP contribution in [0.25, 0.3) is 0 Å². The molecule has 0 aromatic heterocycles. The highest BCUT2D eigenvalue weighted by Crippen LogP contribution is 2.40. The number of benzene rings is 2. The SMILES string of the molecule is NC(=O)c1ccc(C(C(=O)NC2CCCCC2)c2ccc(Cl)cc2Cl)c(C(F)(F)F)c1. The maximum absolute atomic E-state index is 13.9. The van der Waals surface area contributed by atoms with Gasteiger partial charge in [0, 0.05) is 21.7 Å². The van der Waals surface area contributed by atoms with Crippen LogP contribution in [0.5, 0.6) is 0 Å². The van der Waals surface area contributed by atoms with E-state index >= 15 is 0 Å². The smallest absolute Gasteiger partial charge is 0.366 e. The Morgan fingerprint density at radius 1 is 1.00 bits per heavy atom. The zero-order valence-electron chi connectivity index (χ0n) is 16.4. The number of carbonyl (C=O) groups is 2. The summed E-state index contributed by atoms with van der Waals surface area (Å²) >= 11 is 12.2. The number of carbonyl (C=O) groups excluding carboxylic acids is 2. The van der Waals surface area contributed by atoms with Gasteiger partial charge in [-0.15, -0.1) is 0 Å². The van der Waals surface area contributed by atoms with Gasteiger partial charge >= 0.3 is 6.18 Å². The van der Waals surface area contributed by atoms with E-state index in [9.17, 15) is 22.8 Å². The molecule has 1 aliphatic carbocycles. The molecule has 1 saturated carbocycles. The fraction of sp³-hybridized carbons (Fsp3) is 0.364. The van der Waals surface area contributed by atoms with Gasteiger partial charge in [0.1, 0.15) is 0 Å². The Kier molecular flexibility index (Phi) is 7.17. The Labute approximate surface area is 187 Å². The number of nitrogens with two attached hydrogens (primary N) is 1. The molecule has 2 aromatic carbocycles. The predicted octanol–water partition coefficient (Wildman–Crippen LogP) is 5.69. The molecule has 0 spiro atoms. The lowest BCUT2D eigenvalue weighted by Crippen LogP contribution is -2.40. The van der Waals surface area contributed by atoms with E-state index in [0.29, 0.717) is 11.1 Å². The van der Waals surface area contributed by atoms with Gasteiger partial charge in [0.05, 0.1) is 11.5 Å². The summed E-state index contributed by atoms with van der Waals surface area (Å²) in [5.74, 6) is -2.93. The second-order valence-electron chi connectivity index (χ2n) is 7.61. The quantitative estimate of drug-likeness (QED) is 0.586. The predicted molar refractivity (Wildman–Crippen MR) is 113 cm³/mol. The van der Waals surface area contributed by atoms with E-state index in [1.165, 1.54) is 24.3 Å². The summed E-state index contributed by atoms with van der Waals surface area (Å²) in [5.41, 5.74) is 3.63. The summed E-state index contributed by atoms with van der Waals surface area (Å²) in [5, 5.41) is 3.25. The summed E-state index contributed by atoms with van der Waals surface area (Å²) in [4.78, 5) is 24.7. The largest absolute Gasteiger partial charge is 0.416 e. The van der Waals surface area contributed by atoms with E-state index in [4.69, 9.17) is 28.9 Å². The van der Waals surface area contributed by atoms with Crippen molar-refractivity contribution in [3.63, 3.8) is 0 Å². The van der Waals surface area contributed by atoms with Crippen LogP contribution in [-0.4, -0.2) is 17.9 Å². The Morgan fingerprint density at radius 3 is 2.23 bits per heavy atom. The molecule has 0 heterocycles. The summed E-state index contributed by atoms with van der Waals surface area (Å²) in [6, 6.07) is 7.13. The number of hydrogen-bond donors (Lipinski definition) is 2. The number of halogens is 5. The van der Waals surface area contributed by atoms with Crippen LogP contribution in [0.1, 0.15) is 65.1 Å². The van der Waals surface area contributed by atoms with Crippen LogP contribution >= 0.6 is 23.2 Å². The van der Waals surface area contributed by atoms with Crippen LogP contribution in [0.3, 0.4) is 0 Å². The van der Waals surface area contributed by atoms with Gasteiger partial charge < -0.3 is 11.1 Å². The van der Waals surface area contributed by atoms with E-state index in [2.05, 4.69) is 5.32 Å². The molecule has 31 heavy (non-hydrogen) atoms. The van der Waals surface area contributed by atoms with Gasteiger partial charge in [-0.3, -0.25) is 9.59 Å². The lowest BCUT2D eigenvalue weighted by Gasteiger charge is -2.28. The van der Waals surface area contributed by atoms with Gasteiger partial charge in [-0.25, -0.2) is 0 Å². The van der Waals surface area contributed by atoms with Gasteiger partial charge in [0.25, 0.3) is 0 Å². The zero-order valence-corrected chi connectivity index (χ0v) is 17.9. The summed E-state index contributed by atoms with van der Waals surface area (Å²) in [6.45, 7) is 0. The average molecular weight is 473 g/mol. The highest BCUT2D eigenvalue weighted by Gasteiger charge is 2.39. The molecule has 0 saturated heterocycles. The summed E-state index contributed by atoms with van der Waals surface area (Å²) in [6.07, 6.45) is -0.343. The number of amides is 2. The second kappa shape index (κ2) is 9.49. The first kappa shape index (κ1) is 23.4. The van der Waals surface area contributed by atoms with Gasteiger partial charge in [-0.1, -0.05) is 54.6 Å². The Hall–Kier alpha value is -2.25. The van der Waals surface area contributed by atoms with E-state index in [1.54, 1.807) is 0 Å². The van der Waals surface area contributed by atoms with Gasteiger partial charge in [0.15, 0.2) is 0 Å². The monoisotopic (exact) mass is 472 g/mol. The van der Waals surface area contributed by atoms with Crippen molar-refractivity contribution in [3.05, 3.63) is 68.7 Å². The highest BCUT2D eigenvalue weighted by atomic mass is 35.5. The van der Waals surface area contributed by atoms with Crippen LogP contribution < -0.4 is 11.1 Å². The van der Waals surface area contributed by atoms with Crippen molar-refractivity contribution in [2.45, 2.75) is 50.2 Å². The molecule has 166 valence electrons. The fourth-order valence-corrected chi connectivity index (χ4v) is 4.44. The number of rotatable bonds is 5. The molecule has 3 N–H and O–H groups in total. The topological polar surface area (TPSA) is 72.2 Å². The van der Waals surface area contributed by atoms with E-state index < -0.39 is 29.5 Å². The van der Waals surface area contributed by atoms with Crippen molar-refractivity contribution < 1.29 is 22.8 Å². The molecule has 0 radical (unpaired) electrons. The van der Waals surface area contributed by atoms with E-state index in [0.717, 1.165) is 38.2 Å². The maximum atomic E-state index is 13.9. The molecule has 2 amide bonds. The van der Waals surface area contributed by atoms with Crippen molar-refractivity contribution >= 4 is 35.0 Å². The van der Waals surface area contributed by atoms with Gasteiger partial charge in [-0.2, -0.15) is 13.2 Å². The van der Waals surface area contributed by atoms with Crippen molar-refractivity contribution in [2.75, 3.05) is 0 Å². The lowest BCUT2D eigenvalue weighted by molar-refractivity contribution is -0.138. The van der Waals surface area contributed by atoms with Crippen molar-refractivity contribution in [1.29, 1.82) is 0 Å². The first-order valence-electron chi connectivity index (χ1n) is 9.84. The molecule has 0 bridgehead atoms. The van der Waals surface area contributed by atoms with E-state index in [-0.39, 0.29) is 27.8 Å². The zero-order chi connectivity index (χ0) is 22.8. The number of primary amides is 1. The third-order valence-electron chi connectivity index (χ3n) is 5.44. The molecule has 1 aliphatic rings. The van der Waals surface area contributed by atoms with Crippen LogP contribution in [0.2, 0.25) is 10.0 Å². The minimum absolute atomic E-state index is 0.0726. The molecule has 0 aliphatic heterocycles. The molecule has 1 atom stereocenters. The first-order chi connectivity index (χ1) is 14.6. The second-order valence-corrected chi connectivity index (χ2v) is 8.45.